The maximum atomic E-state index is 11.6. The molecule has 0 atom stereocenters. The van der Waals surface area contributed by atoms with Crippen molar-refractivity contribution in [1.82, 2.24) is 0 Å². The molecule has 21 heavy (non-hydrogen) atoms. The molecule has 0 fully saturated rings. The van der Waals surface area contributed by atoms with Crippen LogP contribution in [0.3, 0.4) is 0 Å². The van der Waals surface area contributed by atoms with Gasteiger partial charge in [0.05, 0.1) is 9.75 Å². The van der Waals surface area contributed by atoms with Crippen molar-refractivity contribution in [3.8, 4) is 12.3 Å². The van der Waals surface area contributed by atoms with E-state index in [1.54, 1.807) is 0 Å². The predicted octanol–water partition coefficient (Wildman–Crippen LogP) is 5.47. The van der Waals surface area contributed by atoms with E-state index in [1.807, 2.05) is 59.3 Å². The molecular formula is C17H11BrOS2. The highest BCUT2D eigenvalue weighted by atomic mass is 79.9. The van der Waals surface area contributed by atoms with Gasteiger partial charge in [-0.3, -0.25) is 4.79 Å². The summed E-state index contributed by atoms with van der Waals surface area (Å²) in [6.45, 7) is 0. The molecule has 0 aliphatic carbocycles. The Morgan fingerprint density at radius 1 is 0.952 bits per heavy atom. The predicted molar refractivity (Wildman–Crippen MR) is 94.1 cm³/mol. The number of hydrogen-bond acceptors (Lipinski definition) is 3. The summed E-state index contributed by atoms with van der Waals surface area (Å²) in [5.41, 5.74) is 0.900. The summed E-state index contributed by atoms with van der Waals surface area (Å²) in [6, 6.07) is 15.2. The lowest BCUT2D eigenvalue weighted by Gasteiger charge is -1.90. The molecule has 3 aromatic rings. The third-order valence-electron chi connectivity index (χ3n) is 2.52. The van der Waals surface area contributed by atoms with Gasteiger partial charge in [-0.15, -0.1) is 29.1 Å². The van der Waals surface area contributed by atoms with Gasteiger partial charge in [0.15, 0.2) is 0 Å². The SMILES string of the molecule is C#Cc1ccccc1Br.O=C(c1cccs1)c1cccs1. The van der Waals surface area contributed by atoms with Crippen molar-refractivity contribution >= 4 is 44.4 Å². The molecule has 0 saturated heterocycles. The van der Waals surface area contributed by atoms with Crippen LogP contribution in [-0.4, -0.2) is 5.78 Å². The van der Waals surface area contributed by atoms with Crippen LogP contribution in [0.2, 0.25) is 0 Å². The maximum Gasteiger partial charge on any atom is 0.212 e. The van der Waals surface area contributed by atoms with E-state index < -0.39 is 0 Å². The van der Waals surface area contributed by atoms with Crippen LogP contribution in [-0.2, 0) is 0 Å². The Kier molecular flexibility index (Phi) is 5.94. The number of terminal acetylenes is 1. The van der Waals surface area contributed by atoms with Gasteiger partial charge in [-0.2, -0.15) is 0 Å². The Labute approximate surface area is 140 Å². The normalized spacial score (nSPS) is 9.33. The van der Waals surface area contributed by atoms with E-state index >= 15 is 0 Å². The standard InChI is InChI=1S/C9H6OS2.C8H5Br/c10-9(7-3-1-5-11-7)8-4-2-6-12-8;1-2-7-5-3-4-6-8(7)9/h1-6H;1,3-6H. The Balaban J connectivity index is 0.000000161. The third kappa shape index (κ3) is 4.40. The second kappa shape index (κ2) is 7.94. The van der Waals surface area contributed by atoms with E-state index in [0.717, 1.165) is 19.8 Å². The first-order valence-corrected chi connectivity index (χ1v) is 8.60. The van der Waals surface area contributed by atoms with E-state index in [-0.39, 0.29) is 5.78 Å². The highest BCUT2D eigenvalue weighted by Crippen LogP contribution is 2.18. The summed E-state index contributed by atoms with van der Waals surface area (Å²) in [5.74, 6) is 2.69. The molecule has 1 aromatic carbocycles. The van der Waals surface area contributed by atoms with Crippen LogP contribution in [0, 0.1) is 12.3 Å². The fourth-order valence-corrected chi connectivity index (χ4v) is 3.33. The van der Waals surface area contributed by atoms with Crippen molar-refractivity contribution in [3.05, 3.63) is 79.1 Å². The number of halogens is 1. The van der Waals surface area contributed by atoms with Gasteiger partial charge in [0.1, 0.15) is 0 Å². The number of benzene rings is 1. The van der Waals surface area contributed by atoms with Gasteiger partial charge in [0, 0.05) is 10.0 Å². The monoisotopic (exact) mass is 374 g/mol. The van der Waals surface area contributed by atoms with Crippen molar-refractivity contribution in [2.24, 2.45) is 0 Å². The fourth-order valence-electron chi connectivity index (χ4n) is 1.52. The van der Waals surface area contributed by atoms with E-state index in [9.17, 15) is 4.79 Å². The lowest BCUT2D eigenvalue weighted by Crippen LogP contribution is -1.93. The minimum absolute atomic E-state index is 0.139. The Morgan fingerprint density at radius 2 is 1.52 bits per heavy atom. The molecule has 4 heteroatoms. The maximum absolute atomic E-state index is 11.6. The molecule has 0 spiro atoms. The summed E-state index contributed by atoms with van der Waals surface area (Å²) < 4.78 is 0.979. The Hall–Kier alpha value is -1.67. The molecule has 0 unspecified atom stereocenters. The van der Waals surface area contributed by atoms with Crippen molar-refractivity contribution in [2.75, 3.05) is 0 Å². The number of carbonyl (C=O) groups excluding carboxylic acids is 1. The van der Waals surface area contributed by atoms with Crippen LogP contribution < -0.4 is 0 Å². The van der Waals surface area contributed by atoms with Crippen molar-refractivity contribution < 1.29 is 4.79 Å². The van der Waals surface area contributed by atoms with E-state index in [4.69, 9.17) is 6.42 Å². The molecule has 2 heterocycles. The minimum atomic E-state index is 0.139. The van der Waals surface area contributed by atoms with Crippen molar-refractivity contribution in [2.45, 2.75) is 0 Å². The molecule has 0 aliphatic heterocycles. The van der Waals surface area contributed by atoms with Gasteiger partial charge < -0.3 is 0 Å². The van der Waals surface area contributed by atoms with Crippen molar-refractivity contribution in [3.63, 3.8) is 0 Å². The van der Waals surface area contributed by atoms with Crippen LogP contribution in [0.1, 0.15) is 20.1 Å². The second-order valence-corrected chi connectivity index (χ2v) is 6.66. The summed E-state index contributed by atoms with van der Waals surface area (Å²) in [4.78, 5) is 13.2. The molecule has 0 bridgehead atoms. The smallest absolute Gasteiger partial charge is 0.212 e. The third-order valence-corrected chi connectivity index (χ3v) is 4.95. The molecule has 0 amide bonds. The first-order valence-electron chi connectivity index (χ1n) is 6.05. The quantitative estimate of drug-likeness (QED) is 0.429. The zero-order valence-corrected chi connectivity index (χ0v) is 14.2. The number of ketones is 1. The van der Waals surface area contributed by atoms with Gasteiger partial charge in [0.2, 0.25) is 5.78 Å². The van der Waals surface area contributed by atoms with Gasteiger partial charge in [-0.25, -0.2) is 0 Å². The van der Waals surface area contributed by atoms with Gasteiger partial charge in [0.25, 0.3) is 0 Å². The number of thiophene rings is 2. The highest BCUT2D eigenvalue weighted by molar-refractivity contribution is 9.10. The molecule has 104 valence electrons. The topological polar surface area (TPSA) is 17.1 Å². The molecule has 3 rings (SSSR count). The summed E-state index contributed by atoms with van der Waals surface area (Å²) >= 11 is 6.29. The molecular weight excluding hydrogens is 364 g/mol. The first kappa shape index (κ1) is 15.7. The highest BCUT2D eigenvalue weighted by Gasteiger charge is 2.09. The zero-order valence-electron chi connectivity index (χ0n) is 11.0. The van der Waals surface area contributed by atoms with Crippen LogP contribution in [0.5, 0.6) is 0 Å². The average molecular weight is 375 g/mol. The first-order chi connectivity index (χ1) is 10.2. The van der Waals surface area contributed by atoms with Gasteiger partial charge in [-0.1, -0.05) is 30.2 Å². The summed E-state index contributed by atoms with van der Waals surface area (Å²) in [5, 5.41) is 3.84. The van der Waals surface area contributed by atoms with Crippen LogP contribution in [0.4, 0.5) is 0 Å². The molecule has 1 nitrogen and oxygen atoms in total. The van der Waals surface area contributed by atoms with E-state index in [1.165, 1.54) is 22.7 Å². The van der Waals surface area contributed by atoms with Crippen LogP contribution in [0.15, 0.2) is 63.8 Å². The van der Waals surface area contributed by atoms with Crippen LogP contribution in [0.25, 0.3) is 0 Å². The lowest BCUT2D eigenvalue weighted by atomic mass is 10.2. The second-order valence-electron chi connectivity index (χ2n) is 3.91. The average Bonchev–Trinajstić information content (AvgIpc) is 3.21. The molecule has 0 aliphatic rings. The fraction of sp³-hybridized carbons (Fsp3) is 0. The van der Waals surface area contributed by atoms with Crippen molar-refractivity contribution in [1.29, 1.82) is 0 Å². The number of carbonyl (C=O) groups is 1. The van der Waals surface area contributed by atoms with E-state index in [2.05, 4.69) is 21.9 Å². The molecule has 0 N–H and O–H groups in total. The number of rotatable bonds is 2. The van der Waals surface area contributed by atoms with Gasteiger partial charge in [-0.05, 0) is 51.0 Å². The Morgan fingerprint density at radius 3 is 1.90 bits per heavy atom. The lowest BCUT2D eigenvalue weighted by molar-refractivity contribution is 0.104. The summed E-state index contributed by atoms with van der Waals surface area (Å²) in [7, 11) is 0. The van der Waals surface area contributed by atoms with Gasteiger partial charge >= 0.3 is 0 Å². The largest absolute Gasteiger partial charge is 0.287 e. The number of hydrogen-bond donors (Lipinski definition) is 0. The summed E-state index contributed by atoms with van der Waals surface area (Å²) in [6.07, 6.45) is 5.17. The molecule has 2 aromatic heterocycles. The van der Waals surface area contributed by atoms with E-state index in [0.29, 0.717) is 0 Å². The molecule has 0 saturated carbocycles. The minimum Gasteiger partial charge on any atom is -0.287 e. The van der Waals surface area contributed by atoms with Crippen LogP contribution >= 0.6 is 38.6 Å². The Bertz CT molecular complexity index is 701. The zero-order chi connectivity index (χ0) is 15.1. The molecule has 0 radical (unpaired) electrons.